The molecule has 1 aromatic heterocycles. The highest BCUT2D eigenvalue weighted by molar-refractivity contribution is 5.36. The Labute approximate surface area is 148 Å². The fourth-order valence-corrected chi connectivity index (χ4v) is 3.09. The third kappa shape index (κ3) is 4.81. The number of nitriles is 1. The smallest absolute Gasteiger partial charge is 0.120 e. The van der Waals surface area contributed by atoms with Crippen molar-refractivity contribution >= 4 is 0 Å². The second kappa shape index (κ2) is 8.15. The molecule has 0 bridgehead atoms. The molecule has 6 heteroatoms. The van der Waals surface area contributed by atoms with Gasteiger partial charge in [-0.15, -0.1) is 0 Å². The minimum absolute atomic E-state index is 0.147. The quantitative estimate of drug-likeness (QED) is 0.806. The maximum absolute atomic E-state index is 8.93. The summed E-state index contributed by atoms with van der Waals surface area (Å²) in [6.07, 6.45) is 0.147. The van der Waals surface area contributed by atoms with Crippen molar-refractivity contribution in [1.82, 2.24) is 14.7 Å². The summed E-state index contributed by atoms with van der Waals surface area (Å²) in [7, 11) is 0. The molecule has 2 aromatic rings. The van der Waals surface area contributed by atoms with Crippen LogP contribution >= 0.6 is 0 Å². The molecule has 132 valence electrons. The summed E-state index contributed by atoms with van der Waals surface area (Å²) < 4.78 is 13.7. The van der Waals surface area contributed by atoms with Crippen LogP contribution in [0.15, 0.2) is 30.3 Å². The first-order valence-corrected chi connectivity index (χ1v) is 8.62. The number of rotatable bonds is 6. The minimum Gasteiger partial charge on any atom is -0.492 e. The topological polar surface area (TPSA) is 63.3 Å². The lowest BCUT2D eigenvalue weighted by Gasteiger charge is -2.32. The van der Waals surface area contributed by atoms with Gasteiger partial charge in [0.15, 0.2) is 0 Å². The first-order valence-electron chi connectivity index (χ1n) is 8.62. The second-order valence-electron chi connectivity index (χ2n) is 6.39. The van der Waals surface area contributed by atoms with Crippen molar-refractivity contribution in [1.29, 1.82) is 5.26 Å². The molecule has 1 saturated heterocycles. The van der Waals surface area contributed by atoms with Crippen LogP contribution in [-0.2, 0) is 11.3 Å². The normalized spacial score (nSPS) is 18.0. The van der Waals surface area contributed by atoms with Crippen LogP contribution in [0.25, 0.3) is 0 Å². The van der Waals surface area contributed by atoms with Gasteiger partial charge in [-0.25, -0.2) is 0 Å². The molecule has 0 spiro atoms. The predicted molar refractivity (Wildman–Crippen MR) is 94.5 cm³/mol. The van der Waals surface area contributed by atoms with Crippen molar-refractivity contribution < 1.29 is 9.47 Å². The molecule has 2 heterocycles. The van der Waals surface area contributed by atoms with Gasteiger partial charge in [0.2, 0.25) is 0 Å². The Morgan fingerprint density at radius 3 is 3.00 bits per heavy atom. The van der Waals surface area contributed by atoms with E-state index in [0.717, 1.165) is 44.2 Å². The number of ether oxygens (including phenoxy) is 2. The van der Waals surface area contributed by atoms with Crippen LogP contribution in [0.2, 0.25) is 0 Å². The summed E-state index contributed by atoms with van der Waals surface area (Å²) in [5, 5.41) is 13.4. The summed E-state index contributed by atoms with van der Waals surface area (Å²) in [6.45, 7) is 8.82. The van der Waals surface area contributed by atoms with E-state index in [9.17, 15) is 0 Å². The Morgan fingerprint density at radius 1 is 1.36 bits per heavy atom. The molecular weight excluding hydrogens is 316 g/mol. The van der Waals surface area contributed by atoms with Crippen LogP contribution < -0.4 is 4.74 Å². The third-order valence-corrected chi connectivity index (χ3v) is 4.34. The van der Waals surface area contributed by atoms with Crippen molar-refractivity contribution in [3.8, 4) is 11.8 Å². The predicted octanol–water partition coefficient (Wildman–Crippen LogP) is 2.15. The molecule has 3 rings (SSSR count). The zero-order valence-corrected chi connectivity index (χ0v) is 14.8. The lowest BCUT2D eigenvalue weighted by molar-refractivity contribution is -0.0403. The number of aryl methyl sites for hydroxylation is 2. The molecule has 0 saturated carbocycles. The Kier molecular flexibility index (Phi) is 5.69. The number of morpholine rings is 1. The van der Waals surface area contributed by atoms with E-state index in [1.54, 1.807) is 12.1 Å². The van der Waals surface area contributed by atoms with Gasteiger partial charge < -0.3 is 9.47 Å². The van der Waals surface area contributed by atoms with E-state index in [1.807, 2.05) is 23.7 Å². The largest absolute Gasteiger partial charge is 0.492 e. The molecule has 1 atom stereocenters. The fourth-order valence-electron chi connectivity index (χ4n) is 3.09. The van der Waals surface area contributed by atoms with E-state index in [0.29, 0.717) is 12.2 Å². The molecule has 1 aliphatic rings. The fraction of sp³-hybridized carbons (Fsp3) is 0.474. The van der Waals surface area contributed by atoms with E-state index < -0.39 is 0 Å². The summed E-state index contributed by atoms with van der Waals surface area (Å²) in [6, 6.07) is 11.5. The van der Waals surface area contributed by atoms with Crippen LogP contribution in [0.5, 0.6) is 5.75 Å². The van der Waals surface area contributed by atoms with Crippen LogP contribution in [0.3, 0.4) is 0 Å². The average Bonchev–Trinajstić information content (AvgIpc) is 2.92. The number of hydrogen-bond acceptors (Lipinski definition) is 5. The van der Waals surface area contributed by atoms with E-state index >= 15 is 0 Å². The SMILES string of the molecule is Cc1cc(C)n(C[C@H]2CN(CCOc3cccc(C#N)c3)CCO2)n1. The van der Waals surface area contributed by atoms with Crippen molar-refractivity contribution in [3.05, 3.63) is 47.3 Å². The number of hydrogen-bond donors (Lipinski definition) is 0. The van der Waals surface area contributed by atoms with Crippen LogP contribution in [0.1, 0.15) is 17.0 Å². The van der Waals surface area contributed by atoms with Crippen LogP contribution in [0, 0.1) is 25.2 Å². The van der Waals surface area contributed by atoms with Gasteiger partial charge in [0.1, 0.15) is 12.4 Å². The lowest BCUT2D eigenvalue weighted by Crippen LogP contribution is -2.45. The zero-order valence-electron chi connectivity index (χ0n) is 14.8. The Hall–Kier alpha value is -2.36. The first-order chi connectivity index (χ1) is 12.1. The standard InChI is InChI=1S/C19H24N4O2/c1-15-10-16(2)23(21-15)14-19-13-22(7-9-25-19)6-8-24-18-5-3-4-17(11-18)12-20/h3-5,10-11,19H,6-9,13-14H2,1-2H3/t19-/m1/s1. The van der Waals surface area contributed by atoms with Crippen LogP contribution in [-0.4, -0.2) is 53.6 Å². The third-order valence-electron chi connectivity index (χ3n) is 4.34. The molecule has 0 N–H and O–H groups in total. The highest BCUT2D eigenvalue weighted by atomic mass is 16.5. The zero-order chi connectivity index (χ0) is 17.6. The van der Waals surface area contributed by atoms with E-state index in [-0.39, 0.29) is 6.10 Å². The molecule has 1 fully saturated rings. The molecule has 0 unspecified atom stereocenters. The van der Waals surface area contributed by atoms with Crippen molar-refractivity contribution in [2.45, 2.75) is 26.5 Å². The molecular formula is C19H24N4O2. The van der Waals surface area contributed by atoms with Gasteiger partial charge in [0, 0.05) is 25.3 Å². The van der Waals surface area contributed by atoms with Gasteiger partial charge >= 0.3 is 0 Å². The molecule has 0 radical (unpaired) electrons. The summed E-state index contributed by atoms with van der Waals surface area (Å²) >= 11 is 0. The first kappa shape index (κ1) is 17.5. The number of benzene rings is 1. The van der Waals surface area contributed by atoms with Crippen molar-refractivity contribution in [3.63, 3.8) is 0 Å². The molecule has 0 aliphatic carbocycles. The van der Waals surface area contributed by atoms with Gasteiger partial charge in [-0.05, 0) is 38.1 Å². The molecule has 25 heavy (non-hydrogen) atoms. The van der Waals surface area contributed by atoms with Crippen molar-refractivity contribution in [2.75, 3.05) is 32.8 Å². The van der Waals surface area contributed by atoms with E-state index in [4.69, 9.17) is 14.7 Å². The molecule has 1 aliphatic heterocycles. The molecule has 0 amide bonds. The number of nitrogens with zero attached hydrogens (tertiary/aromatic N) is 4. The monoisotopic (exact) mass is 340 g/mol. The van der Waals surface area contributed by atoms with E-state index in [2.05, 4.69) is 29.1 Å². The maximum Gasteiger partial charge on any atom is 0.120 e. The lowest BCUT2D eigenvalue weighted by atomic mass is 10.2. The van der Waals surface area contributed by atoms with Gasteiger partial charge in [-0.2, -0.15) is 10.4 Å². The Morgan fingerprint density at radius 2 is 2.24 bits per heavy atom. The highest BCUT2D eigenvalue weighted by Crippen LogP contribution is 2.13. The Balaban J connectivity index is 1.47. The van der Waals surface area contributed by atoms with Crippen LogP contribution in [0.4, 0.5) is 0 Å². The summed E-state index contributed by atoms with van der Waals surface area (Å²) in [5.74, 6) is 0.742. The van der Waals surface area contributed by atoms with E-state index in [1.165, 1.54) is 5.69 Å². The highest BCUT2D eigenvalue weighted by Gasteiger charge is 2.21. The van der Waals surface area contributed by atoms with Gasteiger partial charge in [0.05, 0.1) is 36.6 Å². The summed E-state index contributed by atoms with van der Waals surface area (Å²) in [5.41, 5.74) is 2.82. The average molecular weight is 340 g/mol. The van der Waals surface area contributed by atoms with Gasteiger partial charge in [0.25, 0.3) is 0 Å². The van der Waals surface area contributed by atoms with Crippen molar-refractivity contribution in [2.24, 2.45) is 0 Å². The maximum atomic E-state index is 8.93. The second-order valence-corrected chi connectivity index (χ2v) is 6.39. The molecule has 6 nitrogen and oxygen atoms in total. The molecule has 1 aromatic carbocycles. The van der Waals surface area contributed by atoms with Gasteiger partial charge in [-0.1, -0.05) is 6.07 Å². The minimum atomic E-state index is 0.147. The number of aromatic nitrogens is 2. The summed E-state index contributed by atoms with van der Waals surface area (Å²) in [4.78, 5) is 2.36. The van der Waals surface area contributed by atoms with Gasteiger partial charge in [-0.3, -0.25) is 9.58 Å². The Bertz CT molecular complexity index is 750.